The molecule has 0 N–H and O–H groups in total. The Bertz CT molecular complexity index is 1250. The van der Waals surface area contributed by atoms with E-state index in [4.69, 9.17) is 9.47 Å². The van der Waals surface area contributed by atoms with Crippen molar-refractivity contribution in [3.05, 3.63) is 78.1 Å². The maximum absolute atomic E-state index is 13.4. The summed E-state index contributed by atoms with van der Waals surface area (Å²) in [5, 5.41) is 0. The zero-order chi connectivity index (χ0) is 26.1. The standard InChI is InChI=1S/C30H31BrINO4/c1-3-33-22-7-5-9-24(34)28(22)27(29-23(33)8-6-10-25(29)35)19-15-21(32)30(26(16-19)36-4-2)37-17-18-11-13-20(31)14-12-18/h11-16,27H,3-10,17H2,1-2H3. The van der Waals surface area contributed by atoms with Crippen LogP contribution in [0.3, 0.4) is 0 Å². The smallest absolute Gasteiger partial charge is 0.174 e. The number of hydrogen-bond donors (Lipinski definition) is 0. The van der Waals surface area contributed by atoms with Crippen LogP contribution in [0.15, 0.2) is 63.4 Å². The molecule has 194 valence electrons. The van der Waals surface area contributed by atoms with Gasteiger partial charge in [0.05, 0.1) is 10.2 Å². The molecule has 2 aromatic carbocycles. The predicted molar refractivity (Wildman–Crippen MR) is 156 cm³/mol. The fourth-order valence-corrected chi connectivity index (χ4v) is 6.87. The molecule has 1 aliphatic heterocycles. The molecule has 0 atom stereocenters. The van der Waals surface area contributed by atoms with E-state index in [0.717, 1.165) is 73.9 Å². The Balaban J connectivity index is 1.60. The molecule has 2 aliphatic carbocycles. The molecule has 0 radical (unpaired) electrons. The Morgan fingerprint density at radius 2 is 1.54 bits per heavy atom. The number of ether oxygens (including phenoxy) is 2. The van der Waals surface area contributed by atoms with Gasteiger partial charge < -0.3 is 14.4 Å². The van der Waals surface area contributed by atoms with Crippen molar-refractivity contribution in [1.29, 1.82) is 0 Å². The van der Waals surface area contributed by atoms with Crippen molar-refractivity contribution in [1.82, 2.24) is 4.90 Å². The van der Waals surface area contributed by atoms with Crippen LogP contribution in [0.4, 0.5) is 0 Å². The highest BCUT2D eigenvalue weighted by Crippen LogP contribution is 2.50. The molecule has 0 fully saturated rings. The topological polar surface area (TPSA) is 55.8 Å². The maximum Gasteiger partial charge on any atom is 0.174 e. The van der Waals surface area contributed by atoms with Crippen LogP contribution in [0.5, 0.6) is 11.5 Å². The third-order valence-corrected chi connectivity index (χ3v) is 8.69. The van der Waals surface area contributed by atoms with Gasteiger partial charge in [-0.3, -0.25) is 9.59 Å². The number of rotatable bonds is 7. The highest BCUT2D eigenvalue weighted by molar-refractivity contribution is 14.1. The summed E-state index contributed by atoms with van der Waals surface area (Å²) in [5.41, 5.74) is 5.84. The van der Waals surface area contributed by atoms with E-state index in [2.05, 4.69) is 56.4 Å². The minimum atomic E-state index is -0.346. The van der Waals surface area contributed by atoms with Crippen molar-refractivity contribution in [3.63, 3.8) is 0 Å². The highest BCUT2D eigenvalue weighted by Gasteiger charge is 2.43. The first kappa shape index (κ1) is 26.5. The van der Waals surface area contributed by atoms with Gasteiger partial charge in [0.15, 0.2) is 23.1 Å². The third kappa shape index (κ3) is 5.13. The molecule has 5 nitrogen and oxygen atoms in total. The summed E-state index contributed by atoms with van der Waals surface area (Å²) in [7, 11) is 0. The Kier molecular flexibility index (Phi) is 8.10. The largest absolute Gasteiger partial charge is 0.490 e. The molecule has 0 saturated carbocycles. The lowest BCUT2D eigenvalue weighted by Crippen LogP contribution is -2.39. The minimum Gasteiger partial charge on any atom is -0.490 e. The van der Waals surface area contributed by atoms with Crippen molar-refractivity contribution in [3.8, 4) is 11.5 Å². The van der Waals surface area contributed by atoms with Gasteiger partial charge in [-0.05, 0) is 97.5 Å². The van der Waals surface area contributed by atoms with Gasteiger partial charge >= 0.3 is 0 Å². The summed E-state index contributed by atoms with van der Waals surface area (Å²) in [6, 6.07) is 12.1. The predicted octanol–water partition coefficient (Wildman–Crippen LogP) is 7.46. The monoisotopic (exact) mass is 675 g/mol. The number of carbonyl (C=O) groups excluding carboxylic acids is 2. The summed E-state index contributed by atoms with van der Waals surface area (Å²) in [6.45, 7) is 5.74. The van der Waals surface area contributed by atoms with Crippen LogP contribution in [0.2, 0.25) is 0 Å². The number of benzene rings is 2. The summed E-state index contributed by atoms with van der Waals surface area (Å²) < 4.78 is 14.3. The van der Waals surface area contributed by atoms with Gasteiger partial charge in [-0.15, -0.1) is 0 Å². The average molecular weight is 676 g/mol. The summed E-state index contributed by atoms with van der Waals surface area (Å²) >= 11 is 5.76. The Morgan fingerprint density at radius 3 is 2.11 bits per heavy atom. The second-order valence-corrected chi connectivity index (χ2v) is 11.7. The Morgan fingerprint density at radius 1 is 0.919 bits per heavy atom. The molecule has 2 aromatic rings. The van der Waals surface area contributed by atoms with Crippen LogP contribution in [0.1, 0.15) is 69.4 Å². The number of carbonyl (C=O) groups is 2. The first-order valence-corrected chi connectivity index (χ1v) is 14.9. The zero-order valence-electron chi connectivity index (χ0n) is 21.2. The zero-order valence-corrected chi connectivity index (χ0v) is 25.0. The molecular weight excluding hydrogens is 645 g/mol. The van der Waals surface area contributed by atoms with Gasteiger partial charge in [0.25, 0.3) is 0 Å². The molecule has 0 spiro atoms. The van der Waals surface area contributed by atoms with Gasteiger partial charge in [0.1, 0.15) is 6.61 Å². The number of halogens is 2. The van der Waals surface area contributed by atoms with E-state index >= 15 is 0 Å². The van der Waals surface area contributed by atoms with Crippen molar-refractivity contribution in [2.24, 2.45) is 0 Å². The summed E-state index contributed by atoms with van der Waals surface area (Å²) in [6.07, 6.45) is 4.55. The van der Waals surface area contributed by atoms with E-state index in [1.165, 1.54) is 0 Å². The molecule has 0 unspecified atom stereocenters. The van der Waals surface area contributed by atoms with Gasteiger partial charge in [-0.1, -0.05) is 28.1 Å². The van der Waals surface area contributed by atoms with Gasteiger partial charge in [-0.25, -0.2) is 0 Å². The molecule has 37 heavy (non-hydrogen) atoms. The fourth-order valence-electron chi connectivity index (χ4n) is 5.83. The van der Waals surface area contributed by atoms with E-state index < -0.39 is 0 Å². The average Bonchev–Trinajstić information content (AvgIpc) is 2.88. The van der Waals surface area contributed by atoms with Crippen molar-refractivity contribution >= 4 is 50.1 Å². The van der Waals surface area contributed by atoms with Crippen LogP contribution in [0, 0.1) is 3.57 Å². The van der Waals surface area contributed by atoms with Crippen LogP contribution < -0.4 is 9.47 Å². The number of ketones is 2. The molecule has 0 bridgehead atoms. The lowest BCUT2D eigenvalue weighted by molar-refractivity contribution is -0.117. The van der Waals surface area contributed by atoms with Crippen molar-refractivity contribution in [2.75, 3.05) is 13.2 Å². The summed E-state index contributed by atoms with van der Waals surface area (Å²) in [5.74, 6) is 1.32. The molecule has 0 amide bonds. The van der Waals surface area contributed by atoms with Crippen LogP contribution in [-0.2, 0) is 16.2 Å². The molecule has 1 heterocycles. The molecule has 3 aliphatic rings. The van der Waals surface area contributed by atoms with E-state index in [1.54, 1.807) is 0 Å². The summed E-state index contributed by atoms with van der Waals surface area (Å²) in [4.78, 5) is 29.1. The second-order valence-electron chi connectivity index (χ2n) is 9.63. The molecule has 0 saturated heterocycles. The molecular formula is C30H31BrINO4. The quantitative estimate of drug-likeness (QED) is 0.285. The van der Waals surface area contributed by atoms with E-state index in [0.29, 0.717) is 37.6 Å². The SMILES string of the molecule is CCOc1cc(C2C3=C(CCCC3=O)N(CC)C3=C2C(=O)CCC3)cc(I)c1OCc1ccc(Br)cc1. The van der Waals surface area contributed by atoms with Crippen LogP contribution in [0.25, 0.3) is 0 Å². The van der Waals surface area contributed by atoms with Crippen LogP contribution in [-0.4, -0.2) is 29.6 Å². The number of Topliss-reactive ketones (excluding diaryl/α,β-unsaturated/α-hetero) is 2. The van der Waals surface area contributed by atoms with Gasteiger partial charge in [0, 0.05) is 52.3 Å². The molecule has 0 aromatic heterocycles. The molecule has 5 rings (SSSR count). The first-order chi connectivity index (χ1) is 17.9. The Hall–Kier alpha value is -2.13. The highest BCUT2D eigenvalue weighted by atomic mass is 127. The van der Waals surface area contributed by atoms with E-state index in [9.17, 15) is 9.59 Å². The lowest BCUT2D eigenvalue weighted by atomic mass is 9.71. The fraction of sp³-hybridized carbons (Fsp3) is 0.400. The first-order valence-electron chi connectivity index (χ1n) is 13.1. The van der Waals surface area contributed by atoms with Crippen molar-refractivity contribution < 1.29 is 19.1 Å². The number of nitrogens with zero attached hydrogens (tertiary/aromatic N) is 1. The van der Waals surface area contributed by atoms with Gasteiger partial charge in [-0.2, -0.15) is 0 Å². The Labute approximate surface area is 240 Å². The van der Waals surface area contributed by atoms with Crippen molar-refractivity contribution in [2.45, 2.75) is 64.9 Å². The van der Waals surface area contributed by atoms with E-state index in [1.807, 2.05) is 37.3 Å². The van der Waals surface area contributed by atoms with Gasteiger partial charge in [0.2, 0.25) is 0 Å². The lowest BCUT2D eigenvalue weighted by Gasteiger charge is -2.43. The minimum absolute atomic E-state index is 0.165. The number of hydrogen-bond acceptors (Lipinski definition) is 5. The van der Waals surface area contributed by atoms with E-state index in [-0.39, 0.29) is 17.5 Å². The second kappa shape index (κ2) is 11.3. The molecule has 7 heteroatoms. The number of allylic oxidation sites excluding steroid dienone is 4. The van der Waals surface area contributed by atoms with Crippen LogP contribution >= 0.6 is 38.5 Å². The maximum atomic E-state index is 13.4. The normalized spacial score (nSPS) is 18.2. The third-order valence-electron chi connectivity index (χ3n) is 7.36.